The van der Waals surface area contributed by atoms with Crippen molar-refractivity contribution in [3.8, 4) is 0 Å². The van der Waals surface area contributed by atoms with Crippen LogP contribution in [0.5, 0.6) is 0 Å². The standard InChI is InChI=1S/C19H19F2N3O3/c1-9-17(23-12-4-5-14(20)15(21)8-12)13-7-11(18(22)26)3-6-16(13)24(10(2)25)19(9)27/h3-9,17,19,23,27H,1-2H3,(H2,22,26)/t9-,17-,19+/m1/s1. The third-order valence-corrected chi connectivity index (χ3v) is 4.75. The first-order valence-electron chi connectivity index (χ1n) is 8.34. The molecule has 0 aliphatic carbocycles. The summed E-state index contributed by atoms with van der Waals surface area (Å²) < 4.78 is 26.8. The number of carbonyl (C=O) groups is 2. The summed E-state index contributed by atoms with van der Waals surface area (Å²) in [6.07, 6.45) is -1.14. The Bertz CT molecular complexity index is 919. The lowest BCUT2D eigenvalue weighted by molar-refractivity contribution is -0.119. The van der Waals surface area contributed by atoms with Crippen LogP contribution in [0, 0.1) is 17.6 Å². The molecule has 0 spiro atoms. The number of amides is 2. The van der Waals surface area contributed by atoms with Crippen molar-refractivity contribution in [3.05, 3.63) is 59.2 Å². The number of aliphatic hydroxyl groups is 1. The predicted molar refractivity (Wildman–Crippen MR) is 96.0 cm³/mol. The molecule has 1 aliphatic heterocycles. The molecular formula is C19H19F2N3O3. The molecule has 1 aliphatic rings. The fourth-order valence-electron chi connectivity index (χ4n) is 3.34. The molecule has 0 fully saturated rings. The van der Waals surface area contributed by atoms with E-state index in [1.807, 2.05) is 0 Å². The zero-order valence-corrected chi connectivity index (χ0v) is 14.7. The summed E-state index contributed by atoms with van der Waals surface area (Å²) in [5, 5.41) is 13.7. The van der Waals surface area contributed by atoms with Gasteiger partial charge >= 0.3 is 0 Å². The maximum atomic E-state index is 13.6. The smallest absolute Gasteiger partial charge is 0.248 e. The second-order valence-corrected chi connectivity index (χ2v) is 6.55. The molecule has 0 unspecified atom stereocenters. The van der Waals surface area contributed by atoms with E-state index in [1.165, 1.54) is 36.1 Å². The highest BCUT2D eigenvalue weighted by molar-refractivity contribution is 5.97. The van der Waals surface area contributed by atoms with Gasteiger partial charge in [-0.25, -0.2) is 8.78 Å². The summed E-state index contributed by atoms with van der Waals surface area (Å²) in [6, 6.07) is 7.32. The van der Waals surface area contributed by atoms with Crippen LogP contribution in [-0.2, 0) is 4.79 Å². The molecule has 0 radical (unpaired) electrons. The first-order chi connectivity index (χ1) is 12.7. The zero-order valence-electron chi connectivity index (χ0n) is 14.7. The number of hydrogen-bond donors (Lipinski definition) is 3. The number of anilines is 2. The summed E-state index contributed by atoms with van der Waals surface area (Å²) in [5.74, 6) is -3.51. The molecular weight excluding hydrogens is 356 g/mol. The highest BCUT2D eigenvalue weighted by Gasteiger charge is 2.40. The van der Waals surface area contributed by atoms with E-state index in [0.29, 0.717) is 16.9 Å². The van der Waals surface area contributed by atoms with E-state index in [4.69, 9.17) is 5.73 Å². The van der Waals surface area contributed by atoms with E-state index in [9.17, 15) is 23.5 Å². The number of hydrogen-bond acceptors (Lipinski definition) is 4. The normalized spacial score (nSPS) is 21.5. The minimum absolute atomic E-state index is 0.234. The van der Waals surface area contributed by atoms with Crippen molar-refractivity contribution in [3.63, 3.8) is 0 Å². The van der Waals surface area contributed by atoms with Crippen molar-refractivity contribution in [1.29, 1.82) is 0 Å². The number of nitrogens with one attached hydrogen (secondary N) is 1. The van der Waals surface area contributed by atoms with Gasteiger partial charge in [0.1, 0.15) is 6.23 Å². The Balaban J connectivity index is 2.11. The van der Waals surface area contributed by atoms with Crippen LogP contribution in [0.1, 0.15) is 35.8 Å². The summed E-state index contributed by atoms with van der Waals surface area (Å²) in [7, 11) is 0. The molecule has 2 aromatic rings. The SMILES string of the molecule is CC(=O)N1c2ccc(C(N)=O)cc2[C@H](Nc2ccc(F)c(F)c2)[C@@H](C)[C@@H]1O. The Morgan fingerprint density at radius 1 is 1.15 bits per heavy atom. The van der Waals surface area contributed by atoms with E-state index in [1.54, 1.807) is 6.92 Å². The molecule has 2 amide bonds. The molecule has 0 saturated heterocycles. The molecule has 3 atom stereocenters. The first kappa shape index (κ1) is 18.8. The second-order valence-electron chi connectivity index (χ2n) is 6.55. The third-order valence-electron chi connectivity index (χ3n) is 4.75. The molecule has 0 aromatic heterocycles. The Labute approximate surface area is 154 Å². The minimum Gasteiger partial charge on any atom is -0.378 e. The molecule has 27 heavy (non-hydrogen) atoms. The van der Waals surface area contributed by atoms with Gasteiger partial charge in [-0.2, -0.15) is 0 Å². The van der Waals surface area contributed by atoms with Crippen molar-refractivity contribution in [1.82, 2.24) is 0 Å². The highest BCUT2D eigenvalue weighted by atomic mass is 19.2. The van der Waals surface area contributed by atoms with Crippen LogP contribution in [-0.4, -0.2) is 23.1 Å². The van der Waals surface area contributed by atoms with E-state index in [2.05, 4.69) is 5.32 Å². The number of halogens is 2. The molecule has 6 nitrogen and oxygen atoms in total. The average Bonchev–Trinajstić information content (AvgIpc) is 2.61. The zero-order chi connectivity index (χ0) is 19.9. The molecule has 3 rings (SSSR count). The molecule has 1 heterocycles. The number of rotatable bonds is 3. The van der Waals surface area contributed by atoms with Gasteiger partial charge < -0.3 is 16.2 Å². The number of nitrogens with two attached hydrogens (primary N) is 1. The number of nitrogens with zero attached hydrogens (tertiary/aromatic N) is 1. The summed E-state index contributed by atoms with van der Waals surface area (Å²) in [5.41, 5.74) is 6.85. The van der Waals surface area contributed by atoms with E-state index in [0.717, 1.165) is 12.1 Å². The number of carbonyl (C=O) groups excluding carboxylic acids is 2. The third kappa shape index (κ3) is 3.35. The quantitative estimate of drug-likeness (QED) is 0.768. The highest BCUT2D eigenvalue weighted by Crippen LogP contribution is 2.42. The minimum atomic E-state index is -1.14. The average molecular weight is 375 g/mol. The van der Waals surface area contributed by atoms with Gasteiger partial charge in [-0.3, -0.25) is 14.5 Å². The topological polar surface area (TPSA) is 95.7 Å². The summed E-state index contributed by atoms with van der Waals surface area (Å²) >= 11 is 0. The molecule has 142 valence electrons. The summed E-state index contributed by atoms with van der Waals surface area (Å²) in [6.45, 7) is 3.03. The fraction of sp³-hybridized carbons (Fsp3) is 0.263. The maximum absolute atomic E-state index is 13.6. The van der Waals surface area contributed by atoms with Crippen molar-refractivity contribution in [2.75, 3.05) is 10.2 Å². The second kappa shape index (κ2) is 6.96. The first-order valence-corrected chi connectivity index (χ1v) is 8.34. The summed E-state index contributed by atoms with van der Waals surface area (Å²) in [4.78, 5) is 24.9. The van der Waals surface area contributed by atoms with Crippen LogP contribution in [0.2, 0.25) is 0 Å². The van der Waals surface area contributed by atoms with Gasteiger partial charge in [-0.05, 0) is 35.9 Å². The van der Waals surface area contributed by atoms with Crippen molar-refractivity contribution in [2.24, 2.45) is 11.7 Å². The van der Waals surface area contributed by atoms with E-state index >= 15 is 0 Å². The van der Waals surface area contributed by atoms with Crippen molar-refractivity contribution < 1.29 is 23.5 Å². The van der Waals surface area contributed by atoms with Gasteiger partial charge in [0.05, 0.1) is 11.7 Å². The van der Waals surface area contributed by atoms with Crippen LogP contribution in [0.3, 0.4) is 0 Å². The van der Waals surface area contributed by atoms with Gasteiger partial charge in [-0.15, -0.1) is 0 Å². The number of fused-ring (bicyclic) bond motifs is 1. The molecule has 8 heteroatoms. The number of primary amides is 1. The monoisotopic (exact) mass is 375 g/mol. The van der Waals surface area contributed by atoms with Crippen LogP contribution in [0.4, 0.5) is 20.2 Å². The van der Waals surface area contributed by atoms with Crippen LogP contribution >= 0.6 is 0 Å². The number of aliphatic hydroxyl groups excluding tert-OH is 1. The fourth-order valence-corrected chi connectivity index (χ4v) is 3.34. The molecule has 0 saturated carbocycles. The Kier molecular flexibility index (Phi) is 4.84. The molecule has 0 bridgehead atoms. The van der Waals surface area contributed by atoms with Gasteiger partial charge in [0, 0.05) is 30.2 Å². The number of benzene rings is 2. The lowest BCUT2D eigenvalue weighted by atomic mass is 9.85. The van der Waals surface area contributed by atoms with Gasteiger partial charge in [0.2, 0.25) is 11.8 Å². The molecule has 4 N–H and O–H groups in total. The largest absolute Gasteiger partial charge is 0.378 e. The van der Waals surface area contributed by atoms with Crippen LogP contribution < -0.4 is 16.0 Å². The van der Waals surface area contributed by atoms with E-state index in [-0.39, 0.29) is 11.5 Å². The Hall–Kier alpha value is -3.00. The lowest BCUT2D eigenvalue weighted by Gasteiger charge is -2.43. The Morgan fingerprint density at radius 3 is 2.44 bits per heavy atom. The van der Waals surface area contributed by atoms with Gasteiger partial charge in [0.25, 0.3) is 0 Å². The lowest BCUT2D eigenvalue weighted by Crippen LogP contribution is -2.50. The Morgan fingerprint density at radius 2 is 1.85 bits per heavy atom. The van der Waals surface area contributed by atoms with Gasteiger partial charge in [0.15, 0.2) is 11.6 Å². The van der Waals surface area contributed by atoms with Crippen molar-refractivity contribution in [2.45, 2.75) is 26.1 Å². The van der Waals surface area contributed by atoms with Crippen LogP contribution in [0.25, 0.3) is 0 Å². The maximum Gasteiger partial charge on any atom is 0.248 e. The molecule has 2 aromatic carbocycles. The van der Waals surface area contributed by atoms with Crippen LogP contribution in [0.15, 0.2) is 36.4 Å². The van der Waals surface area contributed by atoms with Crippen molar-refractivity contribution >= 4 is 23.2 Å². The predicted octanol–water partition coefficient (Wildman–Crippen LogP) is 2.54. The van der Waals surface area contributed by atoms with Gasteiger partial charge in [-0.1, -0.05) is 6.92 Å². The van der Waals surface area contributed by atoms with E-state index < -0.39 is 35.7 Å².